The predicted molar refractivity (Wildman–Crippen MR) is 91.0 cm³/mol. The van der Waals surface area contributed by atoms with E-state index < -0.39 is 5.66 Å². The first kappa shape index (κ1) is 15.6. The van der Waals surface area contributed by atoms with Gasteiger partial charge >= 0.3 is 5.97 Å². The van der Waals surface area contributed by atoms with Crippen LogP contribution in [0.15, 0.2) is 54.6 Å². The molecule has 0 saturated heterocycles. The molecule has 0 amide bonds. The summed E-state index contributed by atoms with van der Waals surface area (Å²) in [5.74, 6) is -0.245. The zero-order chi connectivity index (χ0) is 16.1. The van der Waals surface area contributed by atoms with Crippen molar-refractivity contribution in [2.45, 2.75) is 32.0 Å². The maximum Gasteiger partial charge on any atom is 0.347 e. The molecule has 23 heavy (non-hydrogen) atoms. The molecule has 0 radical (unpaired) electrons. The van der Waals surface area contributed by atoms with Crippen molar-refractivity contribution in [1.29, 1.82) is 0 Å². The molecule has 120 valence electrons. The second-order valence-electron chi connectivity index (χ2n) is 5.75. The smallest absolute Gasteiger partial charge is 0.347 e. The lowest BCUT2D eigenvalue weighted by molar-refractivity contribution is -0.150. The maximum absolute atomic E-state index is 12.6. The van der Waals surface area contributed by atoms with Gasteiger partial charge in [0, 0.05) is 12.2 Å². The Morgan fingerprint density at radius 3 is 2.65 bits per heavy atom. The Balaban J connectivity index is 1.82. The molecule has 0 saturated carbocycles. The van der Waals surface area contributed by atoms with Crippen LogP contribution in [-0.4, -0.2) is 18.2 Å². The summed E-state index contributed by atoms with van der Waals surface area (Å²) in [6.45, 7) is 2.85. The molecule has 4 heteroatoms. The van der Waals surface area contributed by atoms with Crippen molar-refractivity contribution in [2.24, 2.45) is 0 Å². The van der Waals surface area contributed by atoms with Crippen LogP contribution in [0.5, 0.6) is 0 Å². The number of benzene rings is 2. The van der Waals surface area contributed by atoms with Crippen LogP contribution in [0.3, 0.4) is 0 Å². The average Bonchev–Trinajstić information content (AvgIpc) is 2.61. The highest BCUT2D eigenvalue weighted by Crippen LogP contribution is 2.28. The molecule has 0 fully saturated rings. The number of carbonyl (C=O) groups is 1. The van der Waals surface area contributed by atoms with E-state index in [0.29, 0.717) is 19.6 Å². The molecule has 3 rings (SSSR count). The maximum atomic E-state index is 12.6. The van der Waals surface area contributed by atoms with Crippen LogP contribution >= 0.6 is 0 Å². The Labute approximate surface area is 136 Å². The minimum atomic E-state index is -0.875. The van der Waals surface area contributed by atoms with Crippen LogP contribution in [0.4, 0.5) is 5.69 Å². The van der Waals surface area contributed by atoms with Gasteiger partial charge in [-0.05, 0) is 37.0 Å². The number of aryl methyl sites for hydroxylation is 1. The first-order valence-electron chi connectivity index (χ1n) is 8.06. The number of nitrogens with one attached hydrogen (secondary N) is 2. The third kappa shape index (κ3) is 3.37. The van der Waals surface area contributed by atoms with Crippen LogP contribution in [0.25, 0.3) is 0 Å². The number of esters is 1. The van der Waals surface area contributed by atoms with E-state index in [-0.39, 0.29) is 5.97 Å². The van der Waals surface area contributed by atoms with E-state index in [9.17, 15) is 4.79 Å². The molecule has 0 bridgehead atoms. The summed E-state index contributed by atoms with van der Waals surface area (Å²) in [7, 11) is 0. The second-order valence-corrected chi connectivity index (χ2v) is 5.75. The van der Waals surface area contributed by atoms with Gasteiger partial charge in [0.05, 0.1) is 6.61 Å². The van der Waals surface area contributed by atoms with Crippen molar-refractivity contribution in [3.8, 4) is 0 Å². The standard InChI is InChI=1S/C19H22N2O2/c1-2-23-18(22)19(13-12-15-8-4-3-5-9-15)20-14-16-10-6-7-11-17(16)21-19/h3-11,20-21H,2,12-14H2,1H3. The van der Waals surface area contributed by atoms with E-state index in [1.807, 2.05) is 43.3 Å². The van der Waals surface area contributed by atoms with Crippen molar-refractivity contribution < 1.29 is 9.53 Å². The summed E-state index contributed by atoms with van der Waals surface area (Å²) < 4.78 is 5.32. The highest BCUT2D eigenvalue weighted by atomic mass is 16.5. The van der Waals surface area contributed by atoms with Gasteiger partial charge in [-0.3, -0.25) is 5.32 Å². The molecule has 1 aliphatic heterocycles. The number of hydrogen-bond donors (Lipinski definition) is 2. The number of hydrogen-bond acceptors (Lipinski definition) is 4. The van der Waals surface area contributed by atoms with Crippen molar-refractivity contribution in [2.75, 3.05) is 11.9 Å². The summed E-state index contributed by atoms with van der Waals surface area (Å²) >= 11 is 0. The predicted octanol–water partition coefficient (Wildman–Crippen LogP) is 3.09. The molecule has 4 nitrogen and oxygen atoms in total. The number of rotatable bonds is 5. The van der Waals surface area contributed by atoms with Gasteiger partial charge in [-0.1, -0.05) is 48.5 Å². The fraction of sp³-hybridized carbons (Fsp3) is 0.316. The number of para-hydroxylation sites is 1. The van der Waals surface area contributed by atoms with Crippen LogP contribution in [0.2, 0.25) is 0 Å². The zero-order valence-electron chi connectivity index (χ0n) is 13.3. The molecule has 0 aliphatic carbocycles. The molecule has 2 aromatic carbocycles. The van der Waals surface area contributed by atoms with Crippen LogP contribution < -0.4 is 10.6 Å². The fourth-order valence-electron chi connectivity index (χ4n) is 2.92. The Morgan fingerprint density at radius 2 is 1.87 bits per heavy atom. The molecule has 2 aromatic rings. The molecular weight excluding hydrogens is 288 g/mol. The molecule has 1 unspecified atom stereocenters. The van der Waals surface area contributed by atoms with E-state index in [1.54, 1.807) is 0 Å². The lowest BCUT2D eigenvalue weighted by Gasteiger charge is -2.38. The molecule has 1 heterocycles. The van der Waals surface area contributed by atoms with E-state index >= 15 is 0 Å². The van der Waals surface area contributed by atoms with Gasteiger partial charge in [-0.2, -0.15) is 0 Å². The Kier molecular flexibility index (Phi) is 4.63. The van der Waals surface area contributed by atoms with Crippen molar-refractivity contribution in [3.63, 3.8) is 0 Å². The van der Waals surface area contributed by atoms with Gasteiger partial charge in [0.2, 0.25) is 0 Å². The summed E-state index contributed by atoms with van der Waals surface area (Å²) in [5.41, 5.74) is 2.48. The average molecular weight is 310 g/mol. The van der Waals surface area contributed by atoms with Crippen molar-refractivity contribution in [3.05, 3.63) is 65.7 Å². The third-order valence-electron chi connectivity index (χ3n) is 4.20. The van der Waals surface area contributed by atoms with Gasteiger partial charge in [0.1, 0.15) is 0 Å². The number of fused-ring (bicyclic) bond motifs is 1. The van der Waals surface area contributed by atoms with Crippen molar-refractivity contribution >= 4 is 11.7 Å². The van der Waals surface area contributed by atoms with Crippen LogP contribution in [-0.2, 0) is 22.5 Å². The lowest BCUT2D eigenvalue weighted by Crippen LogP contribution is -2.61. The normalized spacial score (nSPS) is 19.5. The van der Waals surface area contributed by atoms with E-state index in [0.717, 1.165) is 17.7 Å². The van der Waals surface area contributed by atoms with E-state index in [4.69, 9.17) is 4.74 Å². The van der Waals surface area contributed by atoms with Gasteiger partial charge in [-0.15, -0.1) is 0 Å². The van der Waals surface area contributed by atoms with Crippen LogP contribution in [0.1, 0.15) is 24.5 Å². The topological polar surface area (TPSA) is 50.4 Å². The van der Waals surface area contributed by atoms with Crippen molar-refractivity contribution in [1.82, 2.24) is 5.32 Å². The molecule has 0 spiro atoms. The summed E-state index contributed by atoms with van der Waals surface area (Å²) in [6.07, 6.45) is 1.42. The second kappa shape index (κ2) is 6.84. The van der Waals surface area contributed by atoms with E-state index in [2.05, 4.69) is 28.8 Å². The largest absolute Gasteiger partial charge is 0.463 e. The number of anilines is 1. The van der Waals surface area contributed by atoms with Crippen LogP contribution in [0, 0.1) is 0 Å². The quantitative estimate of drug-likeness (QED) is 0.833. The molecule has 2 N–H and O–H groups in total. The van der Waals surface area contributed by atoms with Gasteiger partial charge < -0.3 is 10.1 Å². The number of ether oxygens (including phenoxy) is 1. The Morgan fingerprint density at radius 1 is 1.13 bits per heavy atom. The summed E-state index contributed by atoms with van der Waals surface area (Å²) in [6, 6.07) is 18.2. The zero-order valence-corrected chi connectivity index (χ0v) is 13.3. The SMILES string of the molecule is CCOC(=O)C1(CCc2ccccc2)NCc2ccccc2N1. The summed E-state index contributed by atoms with van der Waals surface area (Å²) in [4.78, 5) is 12.6. The minimum absolute atomic E-state index is 0.245. The van der Waals surface area contributed by atoms with E-state index in [1.165, 1.54) is 5.56 Å². The first-order chi connectivity index (χ1) is 11.2. The van der Waals surface area contributed by atoms with Gasteiger partial charge in [0.15, 0.2) is 5.66 Å². The first-order valence-corrected chi connectivity index (χ1v) is 8.06. The van der Waals surface area contributed by atoms with Gasteiger partial charge in [0.25, 0.3) is 0 Å². The Bertz CT molecular complexity index is 672. The fourth-order valence-corrected chi connectivity index (χ4v) is 2.92. The third-order valence-corrected chi connectivity index (χ3v) is 4.20. The molecule has 1 atom stereocenters. The minimum Gasteiger partial charge on any atom is -0.463 e. The molecule has 1 aliphatic rings. The Hall–Kier alpha value is -2.33. The molecular formula is C19H22N2O2. The lowest BCUT2D eigenvalue weighted by atomic mass is 9.95. The monoisotopic (exact) mass is 310 g/mol. The number of carbonyl (C=O) groups excluding carboxylic acids is 1. The highest BCUT2D eigenvalue weighted by molar-refractivity contribution is 5.85. The summed E-state index contributed by atoms with van der Waals surface area (Å²) in [5, 5.41) is 6.74. The van der Waals surface area contributed by atoms with Gasteiger partial charge in [-0.25, -0.2) is 4.79 Å². The molecule has 0 aromatic heterocycles. The highest BCUT2D eigenvalue weighted by Gasteiger charge is 2.41.